The highest BCUT2D eigenvalue weighted by molar-refractivity contribution is 5.91. The van der Waals surface area contributed by atoms with Gasteiger partial charge in [-0.05, 0) is 6.42 Å². The summed E-state index contributed by atoms with van der Waals surface area (Å²) >= 11 is 0. The van der Waals surface area contributed by atoms with Crippen LogP contribution in [0.3, 0.4) is 0 Å². The number of unbranched alkanes of at least 4 members (excludes halogenated alkanes) is 1. The maximum Gasteiger partial charge on any atom is 0.324 e. The number of rotatable bonds is 3. The number of amidine groups is 1. The summed E-state index contributed by atoms with van der Waals surface area (Å²) in [5.74, 6) is 0. The fraction of sp³-hybridized carbons (Fsp3) is 0.750. The second-order valence-electron chi connectivity index (χ2n) is 2.86. The van der Waals surface area contributed by atoms with Crippen LogP contribution in [0.25, 0.3) is 0 Å². The monoisotopic (exact) mass is 187 g/mol. The molecule has 5 nitrogen and oxygen atoms in total. The Balaban J connectivity index is 3.56. The van der Waals surface area contributed by atoms with Crippen molar-refractivity contribution < 1.29 is 9.53 Å². The van der Waals surface area contributed by atoms with Crippen molar-refractivity contribution in [2.24, 2.45) is 0 Å². The first-order valence-electron chi connectivity index (χ1n) is 4.27. The molecule has 0 aliphatic carbocycles. The van der Waals surface area contributed by atoms with Crippen LogP contribution in [0.2, 0.25) is 0 Å². The van der Waals surface area contributed by atoms with Crippen LogP contribution in [-0.4, -0.2) is 37.7 Å². The third-order valence-electron chi connectivity index (χ3n) is 1.37. The van der Waals surface area contributed by atoms with Gasteiger partial charge in [0.25, 0.3) is 6.02 Å². The van der Waals surface area contributed by atoms with Crippen LogP contribution in [0.1, 0.15) is 19.8 Å². The van der Waals surface area contributed by atoms with Crippen molar-refractivity contribution in [2.45, 2.75) is 19.8 Å². The Morgan fingerprint density at radius 3 is 2.62 bits per heavy atom. The fourth-order valence-corrected chi connectivity index (χ4v) is 0.564. The molecule has 0 heterocycles. The SMILES string of the molecule is CCCCOC(=N)NC(=O)N(C)C. The summed E-state index contributed by atoms with van der Waals surface area (Å²) in [6.45, 7) is 2.51. The van der Waals surface area contributed by atoms with E-state index in [1.807, 2.05) is 6.92 Å². The van der Waals surface area contributed by atoms with E-state index >= 15 is 0 Å². The van der Waals surface area contributed by atoms with Gasteiger partial charge in [-0.1, -0.05) is 13.3 Å². The number of nitrogens with one attached hydrogen (secondary N) is 2. The minimum Gasteiger partial charge on any atom is -0.465 e. The molecule has 0 aromatic rings. The summed E-state index contributed by atoms with van der Waals surface area (Å²) in [5.41, 5.74) is 0. The Bertz CT molecular complexity index is 180. The molecule has 0 saturated carbocycles. The molecule has 2 N–H and O–H groups in total. The molecular formula is C8H17N3O2. The van der Waals surface area contributed by atoms with E-state index in [0.717, 1.165) is 12.8 Å². The Hall–Kier alpha value is -1.26. The van der Waals surface area contributed by atoms with E-state index in [-0.39, 0.29) is 12.1 Å². The van der Waals surface area contributed by atoms with Crippen molar-refractivity contribution in [2.75, 3.05) is 20.7 Å². The molecule has 0 aliphatic rings. The second-order valence-corrected chi connectivity index (χ2v) is 2.86. The highest BCUT2D eigenvalue weighted by atomic mass is 16.5. The molecule has 0 unspecified atom stereocenters. The molecule has 76 valence electrons. The normalized spacial score (nSPS) is 9.15. The Morgan fingerprint density at radius 2 is 2.15 bits per heavy atom. The van der Waals surface area contributed by atoms with Crippen molar-refractivity contribution in [3.05, 3.63) is 0 Å². The predicted molar refractivity (Wildman–Crippen MR) is 50.8 cm³/mol. The standard InChI is InChI=1S/C8H17N3O2/c1-4-5-6-13-7(9)10-8(12)11(2)3/h4-6H2,1-3H3,(H2,9,10,12). The number of nitrogens with zero attached hydrogens (tertiary/aromatic N) is 1. The molecule has 0 aliphatic heterocycles. The summed E-state index contributed by atoms with van der Waals surface area (Å²) in [7, 11) is 3.21. The van der Waals surface area contributed by atoms with Crippen molar-refractivity contribution >= 4 is 12.1 Å². The van der Waals surface area contributed by atoms with Gasteiger partial charge >= 0.3 is 6.03 Å². The number of amides is 2. The van der Waals surface area contributed by atoms with Crippen molar-refractivity contribution in [1.29, 1.82) is 5.41 Å². The quantitative estimate of drug-likeness (QED) is 0.393. The lowest BCUT2D eigenvalue weighted by Gasteiger charge is -2.12. The molecule has 0 spiro atoms. The van der Waals surface area contributed by atoms with Gasteiger partial charge in [-0.3, -0.25) is 10.7 Å². The van der Waals surface area contributed by atoms with Crippen LogP contribution in [-0.2, 0) is 4.74 Å². The molecule has 5 heteroatoms. The highest BCUT2D eigenvalue weighted by Gasteiger charge is 2.05. The Kier molecular flexibility index (Phi) is 5.67. The van der Waals surface area contributed by atoms with E-state index in [0.29, 0.717) is 6.61 Å². The van der Waals surface area contributed by atoms with E-state index in [1.165, 1.54) is 4.90 Å². The number of urea groups is 1. The minimum absolute atomic E-state index is 0.188. The number of hydrogen-bond acceptors (Lipinski definition) is 3. The van der Waals surface area contributed by atoms with Gasteiger partial charge in [0.1, 0.15) is 0 Å². The molecule has 0 radical (unpaired) electrons. The van der Waals surface area contributed by atoms with Crippen LogP contribution in [0.15, 0.2) is 0 Å². The van der Waals surface area contributed by atoms with E-state index in [4.69, 9.17) is 10.1 Å². The molecule has 0 bridgehead atoms. The lowest BCUT2D eigenvalue weighted by Crippen LogP contribution is -2.39. The lowest BCUT2D eigenvalue weighted by atomic mass is 10.4. The van der Waals surface area contributed by atoms with Crippen LogP contribution >= 0.6 is 0 Å². The topological polar surface area (TPSA) is 65.4 Å². The zero-order valence-electron chi connectivity index (χ0n) is 8.39. The van der Waals surface area contributed by atoms with E-state index in [1.54, 1.807) is 14.1 Å². The molecule has 13 heavy (non-hydrogen) atoms. The minimum atomic E-state index is -0.346. The molecule has 0 atom stereocenters. The number of ether oxygens (including phenoxy) is 1. The zero-order chi connectivity index (χ0) is 10.3. The molecule has 2 amide bonds. The Labute approximate surface area is 78.6 Å². The van der Waals surface area contributed by atoms with Gasteiger partial charge < -0.3 is 9.64 Å². The van der Waals surface area contributed by atoms with Gasteiger partial charge in [-0.15, -0.1) is 0 Å². The van der Waals surface area contributed by atoms with Crippen molar-refractivity contribution in [3.8, 4) is 0 Å². The van der Waals surface area contributed by atoms with Crippen LogP contribution in [0.4, 0.5) is 4.79 Å². The Morgan fingerprint density at radius 1 is 1.54 bits per heavy atom. The second kappa shape index (κ2) is 6.28. The molecule has 0 saturated heterocycles. The number of carbonyl (C=O) groups excluding carboxylic acids is 1. The maximum atomic E-state index is 11.0. The van der Waals surface area contributed by atoms with Crippen LogP contribution in [0.5, 0.6) is 0 Å². The first-order valence-corrected chi connectivity index (χ1v) is 4.27. The van der Waals surface area contributed by atoms with E-state index < -0.39 is 0 Å². The fourth-order valence-electron chi connectivity index (χ4n) is 0.564. The van der Waals surface area contributed by atoms with Crippen molar-refractivity contribution in [3.63, 3.8) is 0 Å². The van der Waals surface area contributed by atoms with Gasteiger partial charge in [0, 0.05) is 14.1 Å². The van der Waals surface area contributed by atoms with Crippen molar-refractivity contribution in [1.82, 2.24) is 10.2 Å². The summed E-state index contributed by atoms with van der Waals surface area (Å²) in [5, 5.41) is 9.50. The first-order chi connectivity index (χ1) is 6.07. The largest absolute Gasteiger partial charge is 0.465 e. The van der Waals surface area contributed by atoms with E-state index in [9.17, 15) is 4.79 Å². The molecule has 0 rings (SSSR count). The summed E-state index contributed by atoms with van der Waals surface area (Å²) in [4.78, 5) is 12.3. The molecule has 0 fully saturated rings. The first kappa shape index (κ1) is 11.7. The summed E-state index contributed by atoms with van der Waals surface area (Å²) in [6.07, 6.45) is 1.90. The lowest BCUT2D eigenvalue weighted by molar-refractivity contribution is 0.215. The average Bonchev–Trinajstić information content (AvgIpc) is 2.04. The maximum absolute atomic E-state index is 11.0. The zero-order valence-corrected chi connectivity index (χ0v) is 8.39. The molecule has 0 aromatic carbocycles. The van der Waals surface area contributed by atoms with Crippen LogP contribution in [0, 0.1) is 5.41 Å². The average molecular weight is 187 g/mol. The van der Waals surface area contributed by atoms with Gasteiger partial charge in [-0.25, -0.2) is 4.79 Å². The van der Waals surface area contributed by atoms with Crippen LogP contribution < -0.4 is 5.32 Å². The summed E-state index contributed by atoms with van der Waals surface area (Å²) < 4.78 is 4.93. The third-order valence-corrected chi connectivity index (χ3v) is 1.37. The van der Waals surface area contributed by atoms with Gasteiger partial charge in [-0.2, -0.15) is 0 Å². The number of hydrogen-bond donors (Lipinski definition) is 2. The molecule has 0 aromatic heterocycles. The smallest absolute Gasteiger partial charge is 0.324 e. The highest BCUT2D eigenvalue weighted by Crippen LogP contribution is 1.88. The summed E-state index contributed by atoms with van der Waals surface area (Å²) in [6, 6.07) is -0.534. The van der Waals surface area contributed by atoms with Gasteiger partial charge in [0.15, 0.2) is 0 Å². The third kappa shape index (κ3) is 5.95. The predicted octanol–water partition coefficient (Wildman–Crippen LogP) is 1.01. The van der Waals surface area contributed by atoms with E-state index in [2.05, 4.69) is 5.32 Å². The van der Waals surface area contributed by atoms with Gasteiger partial charge in [0.05, 0.1) is 6.61 Å². The molecular weight excluding hydrogens is 170 g/mol. The van der Waals surface area contributed by atoms with Gasteiger partial charge in [0.2, 0.25) is 0 Å². The number of carbonyl (C=O) groups is 1.